The molecule has 1 rings (SSSR count). The number of halogens is 2. The summed E-state index contributed by atoms with van der Waals surface area (Å²) in [7, 11) is 0. The molecule has 102 valence electrons. The Morgan fingerprint density at radius 1 is 1.28 bits per heavy atom. The highest BCUT2D eigenvalue weighted by molar-refractivity contribution is 7.80. The minimum absolute atomic E-state index is 0.295. The third-order valence-corrected chi connectivity index (χ3v) is 2.98. The van der Waals surface area contributed by atoms with Gasteiger partial charge in [-0.25, -0.2) is 8.78 Å². The summed E-state index contributed by atoms with van der Waals surface area (Å²) in [5.41, 5.74) is 6.06. The fraction of sp³-hybridized carbons (Fsp3) is 0.538. The number of nitrogens with two attached hydrogens (primary N) is 1. The zero-order valence-corrected chi connectivity index (χ0v) is 11.5. The molecule has 0 saturated carbocycles. The zero-order valence-electron chi connectivity index (χ0n) is 10.6. The molecule has 1 aromatic carbocycles. The molecule has 0 aromatic heterocycles. The van der Waals surface area contributed by atoms with Crippen molar-refractivity contribution >= 4 is 12.6 Å². The lowest BCUT2D eigenvalue weighted by Gasteiger charge is -2.13. The van der Waals surface area contributed by atoms with Gasteiger partial charge in [-0.05, 0) is 30.0 Å². The Morgan fingerprint density at radius 2 is 1.83 bits per heavy atom. The summed E-state index contributed by atoms with van der Waals surface area (Å²) in [4.78, 5) is 0. The smallest absolute Gasteiger partial charge is 0.190 e. The second kappa shape index (κ2) is 6.95. The lowest BCUT2D eigenvalue weighted by Crippen LogP contribution is -2.13. The first-order valence-electron chi connectivity index (χ1n) is 5.93. The van der Waals surface area contributed by atoms with Gasteiger partial charge in [-0.1, -0.05) is 13.8 Å². The molecule has 1 atom stereocenters. The van der Waals surface area contributed by atoms with Crippen molar-refractivity contribution in [1.29, 1.82) is 0 Å². The lowest BCUT2D eigenvalue weighted by molar-refractivity contribution is 0.263. The first-order chi connectivity index (χ1) is 8.45. The molecule has 0 amide bonds. The van der Waals surface area contributed by atoms with Gasteiger partial charge in [0.1, 0.15) is 0 Å². The number of thiol groups is 1. The number of rotatable bonds is 6. The lowest BCUT2D eigenvalue weighted by atomic mass is 10.1. The van der Waals surface area contributed by atoms with Crippen LogP contribution in [0.1, 0.15) is 31.9 Å². The molecule has 0 fully saturated rings. The van der Waals surface area contributed by atoms with E-state index in [1.54, 1.807) is 0 Å². The largest absolute Gasteiger partial charge is 0.488 e. The number of hydrogen-bond donors (Lipinski definition) is 2. The normalized spacial score (nSPS) is 12.8. The van der Waals surface area contributed by atoms with Gasteiger partial charge in [0.25, 0.3) is 0 Å². The highest BCUT2D eigenvalue weighted by Crippen LogP contribution is 2.26. The minimum atomic E-state index is -0.717. The van der Waals surface area contributed by atoms with E-state index in [4.69, 9.17) is 10.5 Å². The summed E-state index contributed by atoms with van der Waals surface area (Å²) in [6.07, 6.45) is 0.747. The Kier molecular flexibility index (Phi) is 5.88. The van der Waals surface area contributed by atoms with E-state index in [-0.39, 0.29) is 5.75 Å². The quantitative estimate of drug-likeness (QED) is 0.781. The van der Waals surface area contributed by atoms with Crippen LogP contribution in [0.4, 0.5) is 8.78 Å². The van der Waals surface area contributed by atoms with Gasteiger partial charge in [0.15, 0.2) is 17.4 Å². The fourth-order valence-corrected chi connectivity index (χ4v) is 1.64. The molecule has 0 heterocycles. The van der Waals surface area contributed by atoms with E-state index in [9.17, 15) is 8.78 Å². The summed E-state index contributed by atoms with van der Waals surface area (Å²) in [5, 5.41) is 0. The molecule has 18 heavy (non-hydrogen) atoms. The van der Waals surface area contributed by atoms with E-state index < -0.39 is 17.7 Å². The highest BCUT2D eigenvalue weighted by atomic mass is 32.1. The minimum Gasteiger partial charge on any atom is -0.488 e. The monoisotopic (exact) mass is 275 g/mol. The maximum Gasteiger partial charge on any atom is 0.190 e. The molecule has 0 spiro atoms. The van der Waals surface area contributed by atoms with Crippen molar-refractivity contribution in [3.63, 3.8) is 0 Å². The van der Waals surface area contributed by atoms with Crippen molar-refractivity contribution in [3.05, 3.63) is 29.3 Å². The predicted molar refractivity (Wildman–Crippen MR) is 72.1 cm³/mol. The number of benzene rings is 1. The SMILES string of the molecule is CC(C)CCOc1c(F)cc(C(N)CS)cc1F. The van der Waals surface area contributed by atoms with Crippen molar-refractivity contribution in [2.45, 2.75) is 26.3 Å². The van der Waals surface area contributed by atoms with E-state index in [1.807, 2.05) is 13.8 Å². The molecule has 1 unspecified atom stereocenters. The standard InChI is InChI=1S/C13H19F2NOS/c1-8(2)3-4-17-13-10(14)5-9(6-11(13)15)12(16)7-18/h5-6,8,12,18H,3-4,7,16H2,1-2H3. The van der Waals surface area contributed by atoms with Crippen molar-refractivity contribution in [2.24, 2.45) is 11.7 Å². The van der Waals surface area contributed by atoms with E-state index in [0.29, 0.717) is 23.8 Å². The molecule has 2 N–H and O–H groups in total. The van der Waals surface area contributed by atoms with Crippen molar-refractivity contribution in [1.82, 2.24) is 0 Å². The van der Waals surface area contributed by atoms with Gasteiger partial charge < -0.3 is 10.5 Å². The maximum atomic E-state index is 13.7. The Bertz CT molecular complexity index is 376. The third-order valence-electron chi connectivity index (χ3n) is 2.59. The van der Waals surface area contributed by atoms with Gasteiger partial charge in [0.2, 0.25) is 0 Å². The van der Waals surface area contributed by atoms with Crippen molar-refractivity contribution in [3.8, 4) is 5.75 Å². The summed E-state index contributed by atoms with van der Waals surface area (Å²) in [6, 6.07) is 1.92. The van der Waals surface area contributed by atoms with Gasteiger partial charge in [-0.15, -0.1) is 0 Å². The van der Waals surface area contributed by atoms with Crippen LogP contribution < -0.4 is 10.5 Å². The van der Waals surface area contributed by atoms with E-state index in [2.05, 4.69) is 12.6 Å². The molecular formula is C13H19F2NOS. The van der Waals surface area contributed by atoms with Gasteiger partial charge in [-0.3, -0.25) is 0 Å². The molecular weight excluding hydrogens is 256 g/mol. The van der Waals surface area contributed by atoms with Crippen LogP contribution in [0.3, 0.4) is 0 Å². The summed E-state index contributed by atoms with van der Waals surface area (Å²) >= 11 is 4.00. The highest BCUT2D eigenvalue weighted by Gasteiger charge is 2.15. The van der Waals surface area contributed by atoms with Crippen LogP contribution in [0.5, 0.6) is 5.75 Å². The van der Waals surface area contributed by atoms with Crippen LogP contribution >= 0.6 is 12.6 Å². The summed E-state index contributed by atoms with van der Waals surface area (Å²) in [5.74, 6) is -1.01. The molecule has 0 saturated heterocycles. The zero-order chi connectivity index (χ0) is 13.7. The average molecular weight is 275 g/mol. The van der Waals surface area contributed by atoms with E-state index in [0.717, 1.165) is 6.42 Å². The second-order valence-electron chi connectivity index (χ2n) is 4.63. The summed E-state index contributed by atoms with van der Waals surface area (Å²) in [6.45, 7) is 4.33. The first-order valence-corrected chi connectivity index (χ1v) is 6.57. The maximum absolute atomic E-state index is 13.7. The Morgan fingerprint density at radius 3 is 2.28 bits per heavy atom. The first kappa shape index (κ1) is 15.2. The van der Waals surface area contributed by atoms with Crippen molar-refractivity contribution < 1.29 is 13.5 Å². The Labute approximate surface area is 112 Å². The Hall–Kier alpha value is -0.810. The van der Waals surface area contributed by atoms with Crippen molar-refractivity contribution in [2.75, 3.05) is 12.4 Å². The molecule has 0 aliphatic heterocycles. The molecule has 0 bridgehead atoms. The molecule has 2 nitrogen and oxygen atoms in total. The van der Waals surface area contributed by atoms with Crippen LogP contribution in [0.15, 0.2) is 12.1 Å². The Balaban J connectivity index is 2.81. The van der Waals surface area contributed by atoms with Gasteiger partial charge in [0.05, 0.1) is 6.61 Å². The second-order valence-corrected chi connectivity index (χ2v) is 5.00. The van der Waals surface area contributed by atoms with Crippen LogP contribution in [0.2, 0.25) is 0 Å². The molecule has 5 heteroatoms. The third kappa shape index (κ3) is 4.14. The molecule has 0 radical (unpaired) electrons. The van der Waals surface area contributed by atoms with Gasteiger partial charge in [-0.2, -0.15) is 12.6 Å². The molecule has 0 aliphatic carbocycles. The van der Waals surface area contributed by atoms with Crippen LogP contribution in [-0.4, -0.2) is 12.4 Å². The van der Waals surface area contributed by atoms with E-state index in [1.165, 1.54) is 12.1 Å². The molecule has 0 aliphatic rings. The molecule has 1 aromatic rings. The topological polar surface area (TPSA) is 35.2 Å². The van der Waals surface area contributed by atoms with Crippen LogP contribution in [0, 0.1) is 17.6 Å². The van der Waals surface area contributed by atoms with Crippen LogP contribution in [-0.2, 0) is 0 Å². The fourth-order valence-electron chi connectivity index (χ4n) is 1.43. The van der Waals surface area contributed by atoms with Gasteiger partial charge >= 0.3 is 0 Å². The van der Waals surface area contributed by atoms with Gasteiger partial charge in [0, 0.05) is 11.8 Å². The predicted octanol–water partition coefficient (Wildman–Crippen LogP) is 3.32. The number of hydrogen-bond acceptors (Lipinski definition) is 3. The number of ether oxygens (including phenoxy) is 1. The van der Waals surface area contributed by atoms with Crippen LogP contribution in [0.25, 0.3) is 0 Å². The average Bonchev–Trinajstić information content (AvgIpc) is 2.31. The summed E-state index contributed by atoms with van der Waals surface area (Å²) < 4.78 is 32.5. The van der Waals surface area contributed by atoms with E-state index >= 15 is 0 Å².